The van der Waals surface area contributed by atoms with Gasteiger partial charge in [-0.3, -0.25) is 9.80 Å². The number of esters is 1. The van der Waals surface area contributed by atoms with Gasteiger partial charge in [0.1, 0.15) is 29.1 Å². The Morgan fingerprint density at radius 3 is 2.42 bits per heavy atom. The molecule has 218 valence electrons. The first-order chi connectivity index (χ1) is 19.0. The Balaban J connectivity index is 1.46. The number of halogens is 4. The smallest absolute Gasteiger partial charge is 0.431 e. The number of hydrazone groups is 1. The number of carbonyl (C=O) groups excluding carboxylic acids is 1. The lowest BCUT2D eigenvalue weighted by Crippen LogP contribution is -2.45. The number of ether oxygens (including phenoxy) is 3. The molecule has 2 aliphatic rings. The predicted octanol–water partition coefficient (Wildman–Crippen LogP) is 6.21. The lowest BCUT2D eigenvalue weighted by molar-refractivity contribution is -0.141. The Morgan fingerprint density at radius 2 is 1.80 bits per heavy atom. The molecule has 2 aromatic carbocycles. The monoisotopic (exact) mass is 565 g/mol. The van der Waals surface area contributed by atoms with Crippen LogP contribution in [-0.4, -0.2) is 56.8 Å². The van der Waals surface area contributed by atoms with Gasteiger partial charge in [0.15, 0.2) is 0 Å². The van der Waals surface area contributed by atoms with Crippen LogP contribution < -0.4 is 19.4 Å². The number of methoxy groups -OCH3 is 1. The highest BCUT2D eigenvalue weighted by atomic mass is 19.4. The quantitative estimate of drug-likeness (QED) is 0.266. The summed E-state index contributed by atoms with van der Waals surface area (Å²) in [7, 11) is 1.20. The van der Waals surface area contributed by atoms with Crippen molar-refractivity contribution in [2.75, 3.05) is 36.7 Å². The van der Waals surface area contributed by atoms with Gasteiger partial charge in [0.25, 0.3) is 0 Å². The normalized spacial score (nSPS) is 23.1. The molecule has 40 heavy (non-hydrogen) atoms. The average Bonchev–Trinajstić information content (AvgIpc) is 3.26. The fourth-order valence-electron chi connectivity index (χ4n) is 5.38. The molecule has 0 spiro atoms. The Bertz CT molecular complexity index is 1200. The molecule has 0 amide bonds. The molecule has 7 nitrogen and oxygen atoms in total. The van der Waals surface area contributed by atoms with E-state index < -0.39 is 29.8 Å². The van der Waals surface area contributed by atoms with Gasteiger partial charge >= 0.3 is 12.1 Å². The van der Waals surface area contributed by atoms with Crippen molar-refractivity contribution in [3.63, 3.8) is 0 Å². The molecule has 11 heteroatoms. The molecule has 0 radical (unpaired) electrons. The second-order valence-electron chi connectivity index (χ2n) is 10.1. The molecule has 0 saturated carbocycles. The van der Waals surface area contributed by atoms with Crippen LogP contribution in [0.3, 0.4) is 0 Å². The van der Waals surface area contributed by atoms with E-state index in [9.17, 15) is 22.4 Å². The molecule has 0 bridgehead atoms. The molecule has 1 fully saturated rings. The summed E-state index contributed by atoms with van der Waals surface area (Å²) in [6.07, 6.45) is -3.46. The summed E-state index contributed by atoms with van der Waals surface area (Å²) in [6.45, 7) is 7.06. The molecule has 1 saturated heterocycles. The highest BCUT2D eigenvalue weighted by Gasteiger charge is 2.49. The molecule has 2 unspecified atom stereocenters. The van der Waals surface area contributed by atoms with E-state index in [0.717, 1.165) is 6.42 Å². The molecule has 0 N–H and O–H groups in total. The largest absolute Gasteiger partial charge is 0.494 e. The second-order valence-corrected chi connectivity index (χ2v) is 10.1. The van der Waals surface area contributed by atoms with Gasteiger partial charge in [-0.25, -0.2) is 4.39 Å². The standard InChI is InChI=1S/C29H35F4N3O4/c1-5-19-17-35(25-15-22(39-6-2)11-12-23(25)30)14-13-26(19)40-21-9-7-20(8-10-21)36-24(16-27(37)38-4)18(3)28(34-36)29(31,32)33/h7-12,15,18-19,24,26H,5-6,13-14,16-17H2,1-4H3/t18-,19?,24-,26?/m0/s1. The van der Waals surface area contributed by atoms with Crippen molar-refractivity contribution in [3.8, 4) is 11.5 Å². The third-order valence-electron chi connectivity index (χ3n) is 7.58. The van der Waals surface area contributed by atoms with Crippen LogP contribution in [0.5, 0.6) is 11.5 Å². The molecule has 0 aromatic heterocycles. The first-order valence-corrected chi connectivity index (χ1v) is 13.5. The zero-order valence-electron chi connectivity index (χ0n) is 23.1. The maximum atomic E-state index is 14.6. The van der Waals surface area contributed by atoms with Crippen molar-refractivity contribution in [2.45, 2.75) is 58.4 Å². The average molecular weight is 566 g/mol. The first-order valence-electron chi connectivity index (χ1n) is 13.5. The molecule has 0 aliphatic carbocycles. The third kappa shape index (κ3) is 6.45. The van der Waals surface area contributed by atoms with Crippen molar-refractivity contribution in [1.82, 2.24) is 0 Å². The number of hydrogen-bond acceptors (Lipinski definition) is 7. The van der Waals surface area contributed by atoms with Crippen LogP contribution in [0.4, 0.5) is 28.9 Å². The van der Waals surface area contributed by atoms with Gasteiger partial charge in [0.05, 0.1) is 37.6 Å². The molecular weight excluding hydrogens is 530 g/mol. The number of hydrogen-bond donors (Lipinski definition) is 0. The first kappa shape index (κ1) is 29.5. The van der Waals surface area contributed by atoms with Gasteiger partial charge in [0.2, 0.25) is 0 Å². The molecule has 4 rings (SSSR count). The van der Waals surface area contributed by atoms with E-state index in [1.54, 1.807) is 36.4 Å². The van der Waals surface area contributed by atoms with Crippen molar-refractivity contribution < 1.29 is 36.6 Å². The van der Waals surface area contributed by atoms with E-state index in [-0.39, 0.29) is 24.3 Å². The number of nitrogens with zero attached hydrogens (tertiary/aromatic N) is 3. The maximum Gasteiger partial charge on any atom is 0.431 e. The lowest BCUT2D eigenvalue weighted by atomic mass is 9.91. The molecule has 4 atom stereocenters. The van der Waals surface area contributed by atoms with Gasteiger partial charge in [-0.05, 0) is 49.7 Å². The number of piperidine rings is 1. The van der Waals surface area contributed by atoms with Crippen molar-refractivity contribution in [2.24, 2.45) is 16.9 Å². The Kier molecular flexibility index (Phi) is 9.10. The van der Waals surface area contributed by atoms with Gasteiger partial charge in [-0.15, -0.1) is 0 Å². The molecular formula is C29H35F4N3O4. The van der Waals surface area contributed by atoms with Crippen LogP contribution in [0.25, 0.3) is 0 Å². The van der Waals surface area contributed by atoms with Crippen LogP contribution >= 0.6 is 0 Å². The van der Waals surface area contributed by atoms with Crippen LogP contribution in [0.15, 0.2) is 47.6 Å². The van der Waals surface area contributed by atoms with E-state index in [1.807, 2.05) is 11.8 Å². The number of benzene rings is 2. The number of anilines is 2. The Morgan fingerprint density at radius 1 is 1.10 bits per heavy atom. The summed E-state index contributed by atoms with van der Waals surface area (Å²) >= 11 is 0. The minimum absolute atomic E-state index is 0.112. The van der Waals surface area contributed by atoms with Gasteiger partial charge < -0.3 is 19.1 Å². The topological polar surface area (TPSA) is 63.6 Å². The molecule has 2 aliphatic heterocycles. The highest BCUT2D eigenvalue weighted by Crippen LogP contribution is 2.38. The van der Waals surface area contributed by atoms with Gasteiger partial charge in [-0.2, -0.15) is 18.3 Å². The van der Waals surface area contributed by atoms with E-state index in [1.165, 1.54) is 25.1 Å². The number of alkyl halides is 3. The maximum absolute atomic E-state index is 14.6. The van der Waals surface area contributed by atoms with E-state index in [2.05, 4.69) is 12.0 Å². The fraction of sp³-hybridized carbons (Fsp3) is 0.517. The van der Waals surface area contributed by atoms with Crippen molar-refractivity contribution in [3.05, 3.63) is 48.3 Å². The summed E-state index contributed by atoms with van der Waals surface area (Å²) in [5, 5.41) is 5.09. The van der Waals surface area contributed by atoms with Gasteiger partial charge in [-0.1, -0.05) is 13.8 Å². The third-order valence-corrected chi connectivity index (χ3v) is 7.58. The summed E-state index contributed by atoms with van der Waals surface area (Å²) in [6, 6.07) is 10.6. The van der Waals surface area contributed by atoms with Crippen molar-refractivity contribution >= 4 is 23.1 Å². The minimum Gasteiger partial charge on any atom is -0.494 e. The van der Waals surface area contributed by atoms with E-state index in [4.69, 9.17) is 14.2 Å². The van der Waals surface area contributed by atoms with Crippen molar-refractivity contribution in [1.29, 1.82) is 0 Å². The summed E-state index contributed by atoms with van der Waals surface area (Å²) in [5.41, 5.74) is -0.00582. The second kappa shape index (κ2) is 12.3. The zero-order chi connectivity index (χ0) is 29.0. The zero-order valence-corrected chi connectivity index (χ0v) is 23.1. The van der Waals surface area contributed by atoms with Crippen LogP contribution in [-0.2, 0) is 9.53 Å². The minimum atomic E-state index is -4.61. The Hall–Kier alpha value is -3.50. The Labute approximate surface area is 231 Å². The fourth-order valence-corrected chi connectivity index (χ4v) is 5.38. The van der Waals surface area contributed by atoms with Crippen LogP contribution in [0.1, 0.15) is 40.0 Å². The summed E-state index contributed by atoms with van der Waals surface area (Å²) < 4.78 is 71.9. The predicted molar refractivity (Wildman–Crippen MR) is 145 cm³/mol. The number of carbonyl (C=O) groups is 1. The molecule has 2 heterocycles. The van der Waals surface area contributed by atoms with E-state index >= 15 is 0 Å². The number of rotatable bonds is 9. The van der Waals surface area contributed by atoms with Gasteiger partial charge in [0, 0.05) is 37.4 Å². The lowest BCUT2D eigenvalue weighted by Gasteiger charge is -2.39. The molecule has 2 aromatic rings. The highest BCUT2D eigenvalue weighted by molar-refractivity contribution is 5.96. The van der Waals surface area contributed by atoms with Crippen LogP contribution in [0, 0.1) is 17.7 Å². The summed E-state index contributed by atoms with van der Waals surface area (Å²) in [4.78, 5) is 13.9. The SMILES string of the molecule is CCOc1ccc(F)c(N2CCC(Oc3ccc(N4N=C(C(F)(F)F)[C@@H](C)[C@@H]4CC(=O)OC)cc3)C(CC)C2)c1. The van der Waals surface area contributed by atoms with E-state index in [0.29, 0.717) is 49.0 Å². The van der Waals surface area contributed by atoms with Crippen LogP contribution in [0.2, 0.25) is 0 Å². The summed E-state index contributed by atoms with van der Waals surface area (Å²) in [5.74, 6) is -0.593.